The Bertz CT molecular complexity index is 445. The lowest BCUT2D eigenvalue weighted by Crippen LogP contribution is -2.33. The average molecular weight is 251 g/mol. The fourth-order valence-corrected chi connectivity index (χ4v) is 3.89. The first-order chi connectivity index (χ1) is 8.16. The maximum absolute atomic E-state index is 12.3. The number of thiazole rings is 1. The van der Waals surface area contributed by atoms with Crippen LogP contribution in [0.2, 0.25) is 0 Å². The summed E-state index contributed by atoms with van der Waals surface area (Å²) in [6.45, 7) is 3.61. The molecule has 17 heavy (non-hydrogen) atoms. The Kier molecular flexibility index (Phi) is 2.67. The number of carbonyl (C=O) groups is 1. The van der Waals surface area contributed by atoms with Gasteiger partial charge in [0.05, 0.1) is 11.2 Å². The molecule has 2 N–H and O–H groups in total. The normalized spacial score (nSPS) is 31.9. The molecule has 1 amide bonds. The fourth-order valence-electron chi connectivity index (χ4n) is 3.12. The Morgan fingerprint density at radius 3 is 3.00 bits per heavy atom. The smallest absolute Gasteiger partial charge is 0.265 e. The Hall–Kier alpha value is -0.940. The molecule has 2 fully saturated rings. The van der Waals surface area contributed by atoms with Gasteiger partial charge in [0.2, 0.25) is 0 Å². The lowest BCUT2D eigenvalue weighted by molar-refractivity contribution is 0.0783. The summed E-state index contributed by atoms with van der Waals surface area (Å²) in [6.07, 6.45) is 2.30. The summed E-state index contributed by atoms with van der Waals surface area (Å²) in [7, 11) is 0. The number of likely N-dealkylation sites (tertiary alicyclic amines) is 1. The molecule has 3 atom stereocenters. The van der Waals surface area contributed by atoms with E-state index < -0.39 is 0 Å². The average Bonchev–Trinajstić information content (AvgIpc) is 2.96. The summed E-state index contributed by atoms with van der Waals surface area (Å²) in [6, 6.07) is 0.292. The Morgan fingerprint density at radius 2 is 2.35 bits per heavy atom. The van der Waals surface area contributed by atoms with E-state index in [9.17, 15) is 4.79 Å². The molecule has 1 aliphatic heterocycles. The molecule has 3 rings (SSSR count). The monoisotopic (exact) mass is 251 g/mol. The fraction of sp³-hybridized carbons (Fsp3) is 0.667. The van der Waals surface area contributed by atoms with E-state index in [0.717, 1.165) is 30.1 Å². The van der Waals surface area contributed by atoms with Gasteiger partial charge in [0.15, 0.2) is 0 Å². The molecule has 0 bridgehead atoms. The molecular formula is C12H17N3OS. The number of carbonyl (C=O) groups excluding carboxylic acids is 1. The maximum atomic E-state index is 12.3. The molecule has 5 heteroatoms. The van der Waals surface area contributed by atoms with Crippen molar-refractivity contribution in [2.24, 2.45) is 17.6 Å². The highest BCUT2D eigenvalue weighted by Crippen LogP contribution is 2.37. The number of aryl methyl sites for hydroxylation is 1. The second kappa shape index (κ2) is 4.07. The first-order valence-corrected chi connectivity index (χ1v) is 6.99. The van der Waals surface area contributed by atoms with E-state index in [0.29, 0.717) is 17.9 Å². The molecule has 2 aliphatic rings. The summed E-state index contributed by atoms with van der Waals surface area (Å²) >= 11 is 1.44. The third-order valence-corrected chi connectivity index (χ3v) is 5.06. The summed E-state index contributed by atoms with van der Waals surface area (Å²) < 4.78 is 0. The van der Waals surface area contributed by atoms with Crippen molar-refractivity contribution in [1.82, 2.24) is 9.88 Å². The zero-order chi connectivity index (χ0) is 12.0. The van der Waals surface area contributed by atoms with Crippen molar-refractivity contribution in [3.63, 3.8) is 0 Å². The van der Waals surface area contributed by atoms with Gasteiger partial charge in [-0.3, -0.25) is 4.79 Å². The molecule has 0 aromatic carbocycles. The number of nitrogens with zero attached hydrogens (tertiary/aromatic N) is 2. The van der Waals surface area contributed by atoms with Crippen LogP contribution >= 0.6 is 11.3 Å². The second-order valence-corrected chi connectivity index (χ2v) is 6.00. The third kappa shape index (κ3) is 1.77. The maximum Gasteiger partial charge on any atom is 0.265 e. The number of hydrogen-bond acceptors (Lipinski definition) is 4. The standard InChI is InChI=1S/C12H17N3OS/c1-7-11(17-6-14-7)12(16)15-4-8-2-3-10(13)9(8)5-15/h6,8-10H,2-5,13H2,1H3/t8-,9+,10-/m0/s1. The van der Waals surface area contributed by atoms with E-state index >= 15 is 0 Å². The Balaban J connectivity index is 1.75. The first-order valence-electron chi connectivity index (χ1n) is 6.11. The number of hydrogen-bond donors (Lipinski definition) is 1. The topological polar surface area (TPSA) is 59.2 Å². The van der Waals surface area contributed by atoms with Gasteiger partial charge >= 0.3 is 0 Å². The first kappa shape index (κ1) is 11.2. The van der Waals surface area contributed by atoms with Crippen LogP contribution in [0, 0.1) is 18.8 Å². The van der Waals surface area contributed by atoms with E-state index in [1.807, 2.05) is 11.8 Å². The number of fused-ring (bicyclic) bond motifs is 1. The number of rotatable bonds is 1. The molecule has 1 aromatic rings. The van der Waals surface area contributed by atoms with E-state index in [1.54, 1.807) is 5.51 Å². The SMILES string of the molecule is Cc1ncsc1C(=O)N1C[C@@H]2CC[C@H](N)[C@@H]2C1. The van der Waals surface area contributed by atoms with Crippen molar-refractivity contribution in [3.05, 3.63) is 16.1 Å². The highest BCUT2D eigenvalue weighted by atomic mass is 32.1. The minimum atomic E-state index is 0.145. The molecule has 0 spiro atoms. The van der Waals surface area contributed by atoms with Crippen LogP contribution in [0.1, 0.15) is 28.2 Å². The molecule has 4 nitrogen and oxygen atoms in total. The van der Waals surface area contributed by atoms with E-state index in [2.05, 4.69) is 4.98 Å². The molecule has 2 heterocycles. The van der Waals surface area contributed by atoms with Crippen molar-refractivity contribution in [2.75, 3.05) is 13.1 Å². The van der Waals surface area contributed by atoms with Crippen LogP contribution in [0.5, 0.6) is 0 Å². The van der Waals surface area contributed by atoms with E-state index in [-0.39, 0.29) is 5.91 Å². The Labute approximate surface area is 105 Å². The van der Waals surface area contributed by atoms with E-state index in [4.69, 9.17) is 5.73 Å². The summed E-state index contributed by atoms with van der Waals surface area (Å²) in [5.41, 5.74) is 8.67. The van der Waals surface area contributed by atoms with Crippen molar-refractivity contribution >= 4 is 17.2 Å². The van der Waals surface area contributed by atoms with Gasteiger partial charge in [0.25, 0.3) is 5.91 Å². The quantitative estimate of drug-likeness (QED) is 0.817. The van der Waals surface area contributed by atoms with Crippen molar-refractivity contribution in [2.45, 2.75) is 25.8 Å². The van der Waals surface area contributed by atoms with Gasteiger partial charge in [-0.15, -0.1) is 11.3 Å². The number of nitrogens with two attached hydrogens (primary N) is 1. The molecule has 1 aromatic heterocycles. The number of aromatic nitrogens is 1. The summed E-state index contributed by atoms with van der Waals surface area (Å²) in [5, 5.41) is 0. The van der Waals surface area contributed by atoms with Crippen LogP contribution < -0.4 is 5.73 Å². The van der Waals surface area contributed by atoms with Crippen LogP contribution in [-0.4, -0.2) is 34.9 Å². The van der Waals surface area contributed by atoms with Crippen LogP contribution in [0.4, 0.5) is 0 Å². The molecule has 1 aliphatic carbocycles. The van der Waals surface area contributed by atoms with Crippen LogP contribution in [0.25, 0.3) is 0 Å². The molecule has 1 saturated carbocycles. The molecule has 0 unspecified atom stereocenters. The van der Waals surface area contributed by atoms with Gasteiger partial charge < -0.3 is 10.6 Å². The van der Waals surface area contributed by atoms with Gasteiger partial charge in [0, 0.05) is 19.1 Å². The summed E-state index contributed by atoms with van der Waals surface area (Å²) in [4.78, 5) is 19.2. The second-order valence-electron chi connectivity index (χ2n) is 5.14. The number of amides is 1. The lowest BCUT2D eigenvalue weighted by atomic mass is 9.98. The molecular weight excluding hydrogens is 234 g/mol. The van der Waals surface area contributed by atoms with Crippen molar-refractivity contribution in [3.8, 4) is 0 Å². The molecule has 92 valence electrons. The van der Waals surface area contributed by atoms with Gasteiger partial charge in [-0.1, -0.05) is 0 Å². The van der Waals surface area contributed by atoms with Crippen molar-refractivity contribution in [1.29, 1.82) is 0 Å². The van der Waals surface area contributed by atoms with Gasteiger partial charge in [0.1, 0.15) is 4.88 Å². The minimum absolute atomic E-state index is 0.145. The molecule has 1 saturated heterocycles. The van der Waals surface area contributed by atoms with Gasteiger partial charge in [-0.2, -0.15) is 0 Å². The highest BCUT2D eigenvalue weighted by molar-refractivity contribution is 7.11. The zero-order valence-electron chi connectivity index (χ0n) is 9.93. The van der Waals surface area contributed by atoms with Crippen molar-refractivity contribution < 1.29 is 4.79 Å². The predicted octanol–water partition coefficient (Wildman–Crippen LogP) is 1.26. The third-order valence-electron chi connectivity index (χ3n) is 4.14. The Morgan fingerprint density at radius 1 is 1.53 bits per heavy atom. The largest absolute Gasteiger partial charge is 0.337 e. The zero-order valence-corrected chi connectivity index (χ0v) is 10.7. The van der Waals surface area contributed by atoms with E-state index in [1.165, 1.54) is 17.8 Å². The van der Waals surface area contributed by atoms with Gasteiger partial charge in [-0.25, -0.2) is 4.98 Å². The molecule has 0 radical (unpaired) electrons. The minimum Gasteiger partial charge on any atom is -0.337 e. The lowest BCUT2D eigenvalue weighted by Gasteiger charge is -2.18. The van der Waals surface area contributed by atoms with Crippen LogP contribution in [0.15, 0.2) is 5.51 Å². The van der Waals surface area contributed by atoms with Gasteiger partial charge in [-0.05, 0) is 31.6 Å². The van der Waals surface area contributed by atoms with Crippen LogP contribution in [0.3, 0.4) is 0 Å². The van der Waals surface area contributed by atoms with Crippen LogP contribution in [-0.2, 0) is 0 Å². The highest BCUT2D eigenvalue weighted by Gasteiger charge is 2.42. The summed E-state index contributed by atoms with van der Waals surface area (Å²) in [5.74, 6) is 1.29. The predicted molar refractivity (Wildman–Crippen MR) is 66.9 cm³/mol.